The zero-order valence-corrected chi connectivity index (χ0v) is 11.3. The molecule has 5 heteroatoms. The molecule has 1 N–H and O–H groups in total. The molecule has 0 radical (unpaired) electrons. The van der Waals surface area contributed by atoms with E-state index in [9.17, 15) is 8.42 Å². The molecular formula is C12H19NO3S. The van der Waals surface area contributed by atoms with Crippen molar-refractivity contribution in [3.05, 3.63) is 29.3 Å². The van der Waals surface area contributed by atoms with Gasteiger partial charge < -0.3 is 4.74 Å². The van der Waals surface area contributed by atoms with Crippen molar-refractivity contribution in [1.29, 1.82) is 0 Å². The Kier molecular flexibility index (Phi) is 4.96. The van der Waals surface area contributed by atoms with E-state index in [1.807, 2.05) is 32.0 Å². The fraction of sp³-hybridized carbons (Fsp3) is 0.500. The first-order chi connectivity index (χ1) is 7.96. The minimum absolute atomic E-state index is 0.0937. The quantitative estimate of drug-likeness (QED) is 0.788. The van der Waals surface area contributed by atoms with Crippen LogP contribution in [0.5, 0.6) is 5.75 Å². The zero-order chi connectivity index (χ0) is 12.9. The minimum atomic E-state index is -3.12. The van der Waals surface area contributed by atoms with E-state index in [1.165, 1.54) is 0 Å². The first kappa shape index (κ1) is 14.0. The number of hydrogen-bond donors (Lipinski definition) is 1. The van der Waals surface area contributed by atoms with E-state index in [2.05, 4.69) is 4.72 Å². The summed E-state index contributed by atoms with van der Waals surface area (Å²) < 4.78 is 30.3. The van der Waals surface area contributed by atoms with Gasteiger partial charge in [-0.05, 0) is 38.0 Å². The Morgan fingerprint density at radius 3 is 2.65 bits per heavy atom. The van der Waals surface area contributed by atoms with Crippen molar-refractivity contribution in [2.75, 3.05) is 18.9 Å². The van der Waals surface area contributed by atoms with E-state index in [0.29, 0.717) is 13.2 Å². The summed E-state index contributed by atoms with van der Waals surface area (Å²) in [7, 11) is -3.12. The van der Waals surface area contributed by atoms with Crippen molar-refractivity contribution in [3.63, 3.8) is 0 Å². The van der Waals surface area contributed by atoms with Gasteiger partial charge in [0.1, 0.15) is 12.4 Å². The summed E-state index contributed by atoms with van der Waals surface area (Å²) in [5.41, 5.74) is 2.25. The molecule has 0 fully saturated rings. The van der Waals surface area contributed by atoms with Crippen molar-refractivity contribution in [2.45, 2.75) is 20.8 Å². The van der Waals surface area contributed by atoms with Gasteiger partial charge in [-0.15, -0.1) is 0 Å². The third-order valence-corrected chi connectivity index (χ3v) is 4.02. The largest absolute Gasteiger partial charge is 0.492 e. The van der Waals surface area contributed by atoms with Crippen LogP contribution in [-0.2, 0) is 10.0 Å². The molecular weight excluding hydrogens is 238 g/mol. The molecule has 0 aliphatic carbocycles. The molecule has 0 heterocycles. The van der Waals surface area contributed by atoms with Crippen LogP contribution in [0.4, 0.5) is 0 Å². The van der Waals surface area contributed by atoms with Crippen LogP contribution in [0.1, 0.15) is 18.1 Å². The average molecular weight is 257 g/mol. The molecule has 0 atom stereocenters. The Balaban J connectivity index is 2.44. The van der Waals surface area contributed by atoms with E-state index in [-0.39, 0.29) is 5.75 Å². The normalized spacial score (nSPS) is 11.5. The molecule has 0 spiro atoms. The van der Waals surface area contributed by atoms with Gasteiger partial charge in [0.25, 0.3) is 0 Å². The number of rotatable bonds is 6. The Hall–Kier alpha value is -1.07. The van der Waals surface area contributed by atoms with Gasteiger partial charge in [-0.3, -0.25) is 0 Å². The van der Waals surface area contributed by atoms with Crippen LogP contribution < -0.4 is 9.46 Å². The second kappa shape index (κ2) is 6.02. The number of benzene rings is 1. The van der Waals surface area contributed by atoms with Crippen LogP contribution in [0.15, 0.2) is 18.2 Å². The van der Waals surface area contributed by atoms with Crippen molar-refractivity contribution in [2.24, 2.45) is 0 Å². The van der Waals surface area contributed by atoms with Crippen LogP contribution >= 0.6 is 0 Å². The van der Waals surface area contributed by atoms with Gasteiger partial charge in [0, 0.05) is 6.54 Å². The second-order valence-corrected chi connectivity index (χ2v) is 5.94. The van der Waals surface area contributed by atoms with Crippen LogP contribution in [-0.4, -0.2) is 27.3 Å². The highest BCUT2D eigenvalue weighted by Crippen LogP contribution is 2.20. The lowest BCUT2D eigenvalue weighted by atomic mass is 10.1. The molecule has 0 amide bonds. The highest BCUT2D eigenvalue weighted by molar-refractivity contribution is 7.89. The maximum absolute atomic E-state index is 11.2. The summed E-state index contributed by atoms with van der Waals surface area (Å²) in [6.07, 6.45) is 0. The number of sulfonamides is 1. The number of nitrogens with one attached hydrogen (secondary N) is 1. The number of aryl methyl sites for hydroxylation is 1. The topological polar surface area (TPSA) is 55.4 Å². The Morgan fingerprint density at radius 2 is 2.00 bits per heavy atom. The Bertz CT molecular complexity index is 469. The minimum Gasteiger partial charge on any atom is -0.492 e. The third kappa shape index (κ3) is 4.36. The predicted octanol–water partition coefficient (Wildman–Crippen LogP) is 1.62. The van der Waals surface area contributed by atoms with Crippen molar-refractivity contribution in [1.82, 2.24) is 4.72 Å². The van der Waals surface area contributed by atoms with E-state index in [4.69, 9.17) is 4.74 Å². The number of hydrogen-bond acceptors (Lipinski definition) is 3. The molecule has 1 aromatic carbocycles. The lowest BCUT2D eigenvalue weighted by Gasteiger charge is -2.11. The Morgan fingerprint density at radius 1 is 1.29 bits per heavy atom. The highest BCUT2D eigenvalue weighted by atomic mass is 32.2. The fourth-order valence-electron chi connectivity index (χ4n) is 1.34. The van der Waals surface area contributed by atoms with Gasteiger partial charge >= 0.3 is 0 Å². The fourth-order valence-corrected chi connectivity index (χ4v) is 1.94. The smallest absolute Gasteiger partial charge is 0.211 e. The maximum Gasteiger partial charge on any atom is 0.211 e. The standard InChI is InChI=1S/C12H19NO3S/c1-4-17(14,15)13-8-9-16-12-7-5-6-10(2)11(12)3/h5-7,13H,4,8-9H2,1-3H3. The van der Waals surface area contributed by atoms with Gasteiger partial charge in [-0.1, -0.05) is 12.1 Å². The van der Waals surface area contributed by atoms with Gasteiger partial charge in [0.15, 0.2) is 0 Å². The van der Waals surface area contributed by atoms with Crippen LogP contribution in [0, 0.1) is 13.8 Å². The SMILES string of the molecule is CCS(=O)(=O)NCCOc1cccc(C)c1C. The molecule has 0 aromatic heterocycles. The van der Waals surface area contributed by atoms with E-state index < -0.39 is 10.0 Å². The third-order valence-electron chi connectivity index (χ3n) is 2.62. The monoisotopic (exact) mass is 257 g/mol. The lowest BCUT2D eigenvalue weighted by molar-refractivity contribution is 0.320. The van der Waals surface area contributed by atoms with Crippen molar-refractivity contribution < 1.29 is 13.2 Å². The predicted molar refractivity (Wildman–Crippen MR) is 68.9 cm³/mol. The summed E-state index contributed by atoms with van der Waals surface area (Å²) in [4.78, 5) is 0. The molecule has 1 rings (SSSR count). The molecule has 0 unspecified atom stereocenters. The lowest BCUT2D eigenvalue weighted by Crippen LogP contribution is -2.29. The average Bonchev–Trinajstić information content (AvgIpc) is 2.30. The van der Waals surface area contributed by atoms with Crippen LogP contribution in [0.25, 0.3) is 0 Å². The van der Waals surface area contributed by atoms with Gasteiger partial charge in [0.05, 0.1) is 5.75 Å². The molecule has 0 aliphatic heterocycles. The van der Waals surface area contributed by atoms with E-state index >= 15 is 0 Å². The first-order valence-corrected chi connectivity index (χ1v) is 7.28. The summed E-state index contributed by atoms with van der Waals surface area (Å²) >= 11 is 0. The molecule has 17 heavy (non-hydrogen) atoms. The first-order valence-electron chi connectivity index (χ1n) is 5.62. The van der Waals surface area contributed by atoms with Gasteiger partial charge in [0.2, 0.25) is 10.0 Å². The molecule has 4 nitrogen and oxygen atoms in total. The Labute approximate surface area is 103 Å². The van der Waals surface area contributed by atoms with Gasteiger partial charge in [-0.25, -0.2) is 13.1 Å². The van der Waals surface area contributed by atoms with Gasteiger partial charge in [-0.2, -0.15) is 0 Å². The second-order valence-electron chi connectivity index (χ2n) is 3.84. The summed E-state index contributed by atoms with van der Waals surface area (Å²) in [6.45, 7) is 6.24. The van der Waals surface area contributed by atoms with Crippen molar-refractivity contribution in [3.8, 4) is 5.75 Å². The van der Waals surface area contributed by atoms with Crippen LogP contribution in [0.3, 0.4) is 0 Å². The highest BCUT2D eigenvalue weighted by Gasteiger charge is 2.05. The van der Waals surface area contributed by atoms with Crippen LogP contribution in [0.2, 0.25) is 0 Å². The molecule has 0 bridgehead atoms. The van der Waals surface area contributed by atoms with Crippen molar-refractivity contribution >= 4 is 10.0 Å². The molecule has 0 saturated heterocycles. The molecule has 0 saturated carbocycles. The van der Waals surface area contributed by atoms with E-state index in [0.717, 1.165) is 16.9 Å². The zero-order valence-electron chi connectivity index (χ0n) is 10.5. The molecule has 1 aromatic rings. The maximum atomic E-state index is 11.2. The summed E-state index contributed by atoms with van der Waals surface area (Å²) in [5, 5.41) is 0. The summed E-state index contributed by atoms with van der Waals surface area (Å²) in [5.74, 6) is 0.900. The summed E-state index contributed by atoms with van der Waals surface area (Å²) in [6, 6.07) is 5.83. The number of ether oxygens (including phenoxy) is 1. The molecule has 96 valence electrons. The van der Waals surface area contributed by atoms with E-state index in [1.54, 1.807) is 6.92 Å². The molecule has 0 aliphatic rings.